The third-order valence-corrected chi connectivity index (χ3v) is 10.6. The van der Waals surface area contributed by atoms with Crippen molar-refractivity contribution >= 4 is 59.9 Å². The van der Waals surface area contributed by atoms with E-state index in [2.05, 4.69) is 197 Å². The van der Waals surface area contributed by atoms with Crippen molar-refractivity contribution in [1.29, 1.82) is 0 Å². The summed E-state index contributed by atoms with van der Waals surface area (Å²) in [5.41, 5.74) is 13.5. The Bertz CT molecular complexity index is 3110. The molecule has 0 atom stereocenters. The predicted molar refractivity (Wildman–Crippen MR) is 218 cm³/mol. The van der Waals surface area contributed by atoms with Crippen LogP contribution in [0.2, 0.25) is 0 Å². The Morgan fingerprint density at radius 3 is 1.69 bits per heavy atom. The number of nitrogens with zero attached hydrogens (tertiary/aromatic N) is 3. The zero-order chi connectivity index (χ0) is 34.2. The van der Waals surface area contributed by atoms with Crippen LogP contribution in [0.25, 0.3) is 99.2 Å². The van der Waals surface area contributed by atoms with Gasteiger partial charge in [-0.25, -0.2) is 4.98 Å². The van der Waals surface area contributed by atoms with Crippen LogP contribution < -0.4 is 0 Å². The highest BCUT2D eigenvalue weighted by Gasteiger charge is 2.18. The first-order valence-corrected chi connectivity index (χ1v) is 17.8. The number of hydrogen-bond donors (Lipinski definition) is 0. The highest BCUT2D eigenvalue weighted by molar-refractivity contribution is 6.22. The minimum atomic E-state index is 0.946. The lowest BCUT2D eigenvalue weighted by Crippen LogP contribution is -1.96. The summed E-state index contributed by atoms with van der Waals surface area (Å²) in [6, 6.07) is 67.8. The van der Waals surface area contributed by atoms with Crippen molar-refractivity contribution in [3.63, 3.8) is 0 Å². The summed E-state index contributed by atoms with van der Waals surface area (Å²) < 4.78 is 4.86. The SMILES string of the molecule is c1ccc(-c2cc(-c3ccccc3)nc(-c3cccc(-n4c5ccccc5c5cc6c7ccccc7n7c8ccccc8cc7c6cc54)c3)c2)cc1. The highest BCUT2D eigenvalue weighted by Crippen LogP contribution is 2.41. The summed E-state index contributed by atoms with van der Waals surface area (Å²) in [6.07, 6.45) is 0. The lowest BCUT2D eigenvalue weighted by Gasteiger charge is -2.14. The van der Waals surface area contributed by atoms with Crippen molar-refractivity contribution in [3.8, 4) is 39.3 Å². The molecule has 0 bridgehead atoms. The lowest BCUT2D eigenvalue weighted by molar-refractivity contribution is 1.18. The smallest absolute Gasteiger partial charge is 0.0716 e. The quantitative estimate of drug-likeness (QED) is 0.172. The molecule has 242 valence electrons. The minimum absolute atomic E-state index is 0.946. The molecule has 4 aromatic heterocycles. The van der Waals surface area contributed by atoms with Gasteiger partial charge >= 0.3 is 0 Å². The molecule has 7 aromatic carbocycles. The number of para-hydroxylation sites is 3. The van der Waals surface area contributed by atoms with Crippen LogP contribution in [-0.4, -0.2) is 14.0 Å². The standard InChI is InChI=1S/C49H31N3/c1-3-14-32(15-4-1)36-27-43(33-16-5-2-6-17-33)50-44(28-36)34-19-13-20-37(26-34)51-46-24-11-9-22-39(46)41-30-40-38-21-8-12-25-47(38)52-45-23-10-7-18-35(45)29-48(52)42(40)31-49(41)51/h1-31H. The van der Waals surface area contributed by atoms with Gasteiger partial charge < -0.3 is 8.97 Å². The van der Waals surface area contributed by atoms with Crippen LogP contribution in [0.3, 0.4) is 0 Å². The second-order valence-electron chi connectivity index (χ2n) is 13.6. The molecule has 0 aliphatic rings. The largest absolute Gasteiger partial charge is 0.309 e. The predicted octanol–water partition coefficient (Wildman–Crippen LogP) is 12.9. The summed E-state index contributed by atoms with van der Waals surface area (Å²) >= 11 is 0. The third-order valence-electron chi connectivity index (χ3n) is 10.6. The minimum Gasteiger partial charge on any atom is -0.309 e. The van der Waals surface area contributed by atoms with Gasteiger partial charge in [-0.2, -0.15) is 0 Å². The average Bonchev–Trinajstić information content (AvgIpc) is 3.77. The molecule has 3 nitrogen and oxygen atoms in total. The Morgan fingerprint density at radius 2 is 0.904 bits per heavy atom. The molecule has 0 saturated heterocycles. The van der Waals surface area contributed by atoms with Crippen molar-refractivity contribution in [2.75, 3.05) is 0 Å². The van der Waals surface area contributed by atoms with Crippen LogP contribution >= 0.6 is 0 Å². The van der Waals surface area contributed by atoms with Crippen LogP contribution in [-0.2, 0) is 0 Å². The molecule has 0 radical (unpaired) electrons. The maximum Gasteiger partial charge on any atom is 0.0716 e. The van der Waals surface area contributed by atoms with Gasteiger partial charge in [0.2, 0.25) is 0 Å². The maximum absolute atomic E-state index is 5.26. The Labute approximate surface area is 300 Å². The molecule has 0 N–H and O–H groups in total. The number of rotatable bonds is 4. The van der Waals surface area contributed by atoms with E-state index in [0.717, 1.165) is 33.8 Å². The number of fused-ring (bicyclic) bond motifs is 11. The monoisotopic (exact) mass is 661 g/mol. The molecule has 0 amide bonds. The second kappa shape index (κ2) is 11.3. The molecule has 11 aromatic rings. The first-order valence-electron chi connectivity index (χ1n) is 17.8. The van der Waals surface area contributed by atoms with Gasteiger partial charge in [0, 0.05) is 43.7 Å². The maximum atomic E-state index is 5.26. The topological polar surface area (TPSA) is 22.2 Å². The summed E-state index contributed by atoms with van der Waals surface area (Å²) in [5.74, 6) is 0. The van der Waals surface area contributed by atoms with Crippen LogP contribution in [0.5, 0.6) is 0 Å². The Kier molecular flexibility index (Phi) is 6.25. The fourth-order valence-electron chi connectivity index (χ4n) is 8.27. The molecule has 4 heterocycles. The van der Waals surface area contributed by atoms with Gasteiger partial charge in [0.1, 0.15) is 0 Å². The van der Waals surface area contributed by atoms with E-state index in [-0.39, 0.29) is 0 Å². The van der Waals surface area contributed by atoms with Crippen molar-refractivity contribution in [2.24, 2.45) is 0 Å². The molecule has 52 heavy (non-hydrogen) atoms. The van der Waals surface area contributed by atoms with Crippen molar-refractivity contribution in [2.45, 2.75) is 0 Å². The summed E-state index contributed by atoms with van der Waals surface area (Å²) in [7, 11) is 0. The van der Waals surface area contributed by atoms with Gasteiger partial charge in [-0.3, -0.25) is 0 Å². The van der Waals surface area contributed by atoms with Crippen LogP contribution in [0.1, 0.15) is 0 Å². The summed E-state index contributed by atoms with van der Waals surface area (Å²) in [5, 5.41) is 7.50. The van der Waals surface area contributed by atoms with Gasteiger partial charge in [0.25, 0.3) is 0 Å². The Balaban J connectivity index is 1.18. The van der Waals surface area contributed by atoms with E-state index in [1.165, 1.54) is 65.5 Å². The Hall–Kier alpha value is -6.97. The number of aromatic nitrogens is 3. The average molecular weight is 662 g/mol. The zero-order valence-corrected chi connectivity index (χ0v) is 28.2. The molecule has 11 rings (SSSR count). The van der Waals surface area contributed by atoms with Gasteiger partial charge in [-0.15, -0.1) is 0 Å². The van der Waals surface area contributed by atoms with E-state index in [4.69, 9.17) is 4.98 Å². The first kappa shape index (κ1) is 28.8. The van der Waals surface area contributed by atoms with E-state index in [0.29, 0.717) is 0 Å². The van der Waals surface area contributed by atoms with Crippen LogP contribution in [0, 0.1) is 0 Å². The van der Waals surface area contributed by atoms with Crippen LogP contribution in [0.4, 0.5) is 0 Å². The zero-order valence-electron chi connectivity index (χ0n) is 28.2. The molecule has 0 fully saturated rings. The summed E-state index contributed by atoms with van der Waals surface area (Å²) in [4.78, 5) is 5.26. The molecule has 0 aliphatic carbocycles. The fraction of sp³-hybridized carbons (Fsp3) is 0. The van der Waals surface area contributed by atoms with E-state index in [9.17, 15) is 0 Å². The van der Waals surface area contributed by atoms with E-state index in [1.54, 1.807) is 0 Å². The fourth-order valence-corrected chi connectivity index (χ4v) is 8.27. The number of hydrogen-bond acceptors (Lipinski definition) is 1. The highest BCUT2D eigenvalue weighted by atomic mass is 15.0. The molecule has 0 unspecified atom stereocenters. The van der Waals surface area contributed by atoms with Crippen molar-refractivity contribution < 1.29 is 0 Å². The van der Waals surface area contributed by atoms with E-state index >= 15 is 0 Å². The molecule has 0 aliphatic heterocycles. The van der Waals surface area contributed by atoms with E-state index in [1.807, 2.05) is 0 Å². The number of benzene rings is 7. The lowest BCUT2D eigenvalue weighted by atomic mass is 10.00. The van der Waals surface area contributed by atoms with Crippen LogP contribution in [0.15, 0.2) is 188 Å². The molecular formula is C49H31N3. The van der Waals surface area contributed by atoms with Gasteiger partial charge in [-0.05, 0) is 77.2 Å². The number of pyridine rings is 2. The molecular weight excluding hydrogens is 631 g/mol. The van der Waals surface area contributed by atoms with Gasteiger partial charge in [0.05, 0.1) is 39.0 Å². The normalized spacial score (nSPS) is 11.8. The third kappa shape index (κ3) is 4.36. The van der Waals surface area contributed by atoms with Crippen molar-refractivity contribution in [1.82, 2.24) is 14.0 Å². The summed E-state index contributed by atoms with van der Waals surface area (Å²) in [6.45, 7) is 0. The molecule has 0 spiro atoms. The van der Waals surface area contributed by atoms with E-state index < -0.39 is 0 Å². The van der Waals surface area contributed by atoms with Crippen molar-refractivity contribution in [3.05, 3.63) is 188 Å². The molecule has 3 heteroatoms. The molecule has 0 saturated carbocycles. The first-order chi connectivity index (χ1) is 25.8. The Morgan fingerprint density at radius 1 is 0.308 bits per heavy atom. The van der Waals surface area contributed by atoms with Gasteiger partial charge in [0.15, 0.2) is 0 Å². The second-order valence-corrected chi connectivity index (χ2v) is 13.6. The van der Waals surface area contributed by atoms with Gasteiger partial charge in [-0.1, -0.05) is 127 Å².